The molecule has 0 aliphatic carbocycles. The lowest BCUT2D eigenvalue weighted by atomic mass is 9.91. The van der Waals surface area contributed by atoms with Gasteiger partial charge in [-0.15, -0.1) is 0 Å². The predicted molar refractivity (Wildman–Crippen MR) is 105 cm³/mol. The quantitative estimate of drug-likeness (QED) is 0.563. The van der Waals surface area contributed by atoms with Crippen LogP contribution in [-0.2, 0) is 12.5 Å². The van der Waals surface area contributed by atoms with Gasteiger partial charge in [0, 0.05) is 48.2 Å². The number of hydrogen-bond donors (Lipinski definition) is 1. The van der Waals surface area contributed by atoms with E-state index in [2.05, 4.69) is 40.8 Å². The highest BCUT2D eigenvalue weighted by molar-refractivity contribution is 6.18. The molecule has 0 aliphatic rings. The van der Waals surface area contributed by atoms with Crippen molar-refractivity contribution in [1.82, 2.24) is 24.7 Å². The van der Waals surface area contributed by atoms with Crippen molar-refractivity contribution >= 4 is 16.8 Å². The topological polar surface area (TPSA) is 76.5 Å². The van der Waals surface area contributed by atoms with Gasteiger partial charge in [-0.25, -0.2) is 4.98 Å². The van der Waals surface area contributed by atoms with Crippen LogP contribution in [0.1, 0.15) is 42.5 Å². The number of hydrogen-bond acceptors (Lipinski definition) is 4. The molecule has 0 atom stereocenters. The molecule has 6 heteroatoms. The minimum atomic E-state index is -0.126. The summed E-state index contributed by atoms with van der Waals surface area (Å²) in [6.07, 6.45) is 6.98. The lowest BCUT2D eigenvalue weighted by Gasteiger charge is -2.13. The van der Waals surface area contributed by atoms with E-state index in [1.807, 2.05) is 24.3 Å². The summed E-state index contributed by atoms with van der Waals surface area (Å²) >= 11 is 0. The molecule has 0 saturated heterocycles. The van der Waals surface area contributed by atoms with Crippen LogP contribution in [0.3, 0.4) is 0 Å². The predicted octanol–water partition coefficient (Wildman–Crippen LogP) is 3.89. The van der Waals surface area contributed by atoms with Gasteiger partial charge in [-0.05, 0) is 23.8 Å². The number of pyridine rings is 2. The lowest BCUT2D eigenvalue weighted by molar-refractivity contribution is 0.103. The van der Waals surface area contributed by atoms with E-state index in [9.17, 15) is 4.79 Å². The number of H-pyrrole nitrogens is 1. The van der Waals surface area contributed by atoms with Gasteiger partial charge in [0.25, 0.3) is 0 Å². The van der Waals surface area contributed by atoms with E-state index in [0.717, 1.165) is 22.2 Å². The van der Waals surface area contributed by atoms with Gasteiger partial charge < -0.3 is 4.98 Å². The van der Waals surface area contributed by atoms with Crippen molar-refractivity contribution in [3.63, 3.8) is 0 Å². The number of carbonyl (C=O) groups excluding carboxylic acids is 1. The third-order valence-electron chi connectivity index (χ3n) is 4.67. The Morgan fingerprint density at radius 1 is 1.19 bits per heavy atom. The number of nitrogens with zero attached hydrogens (tertiary/aromatic N) is 4. The molecule has 1 N–H and O–H groups in total. The molecule has 0 aliphatic heterocycles. The van der Waals surface area contributed by atoms with Gasteiger partial charge >= 0.3 is 0 Å². The number of ketones is 1. The minimum absolute atomic E-state index is 0.0788. The van der Waals surface area contributed by atoms with Gasteiger partial charge in [-0.3, -0.25) is 14.5 Å². The van der Waals surface area contributed by atoms with E-state index in [1.54, 1.807) is 36.5 Å². The van der Waals surface area contributed by atoms with E-state index in [-0.39, 0.29) is 11.2 Å². The molecular formula is C21H21N5O. The van der Waals surface area contributed by atoms with E-state index < -0.39 is 0 Å². The van der Waals surface area contributed by atoms with Gasteiger partial charge in [0.1, 0.15) is 11.3 Å². The second kappa shape index (κ2) is 6.16. The van der Waals surface area contributed by atoms with Crippen LogP contribution in [0.4, 0.5) is 0 Å². The molecule has 0 unspecified atom stereocenters. The minimum Gasteiger partial charge on any atom is -0.345 e. The fourth-order valence-corrected chi connectivity index (χ4v) is 3.18. The Morgan fingerprint density at radius 3 is 2.67 bits per heavy atom. The van der Waals surface area contributed by atoms with Crippen LogP contribution in [0.5, 0.6) is 0 Å². The third-order valence-corrected chi connectivity index (χ3v) is 4.67. The van der Waals surface area contributed by atoms with Gasteiger partial charge in [0.05, 0.1) is 11.3 Å². The van der Waals surface area contributed by atoms with Crippen LogP contribution in [0, 0.1) is 0 Å². The largest absolute Gasteiger partial charge is 0.345 e. The number of carbonyl (C=O) groups is 1. The summed E-state index contributed by atoms with van der Waals surface area (Å²) in [4.78, 5) is 25.0. The van der Waals surface area contributed by atoms with Gasteiger partial charge in [-0.1, -0.05) is 26.8 Å². The molecule has 4 aromatic rings. The summed E-state index contributed by atoms with van der Waals surface area (Å²) in [5.41, 5.74) is 4.45. The number of aromatic amines is 1. The first-order valence-corrected chi connectivity index (χ1v) is 8.82. The number of aromatic nitrogens is 5. The molecule has 0 amide bonds. The third kappa shape index (κ3) is 2.93. The molecule has 4 aromatic heterocycles. The zero-order valence-electron chi connectivity index (χ0n) is 15.8. The van der Waals surface area contributed by atoms with E-state index in [4.69, 9.17) is 0 Å². The van der Waals surface area contributed by atoms with Crippen molar-refractivity contribution in [3.05, 3.63) is 66.0 Å². The highest BCUT2D eigenvalue weighted by Crippen LogP contribution is 2.31. The Labute approximate surface area is 157 Å². The highest BCUT2D eigenvalue weighted by Gasteiger charge is 2.25. The van der Waals surface area contributed by atoms with Crippen LogP contribution < -0.4 is 0 Å². The molecule has 0 spiro atoms. The van der Waals surface area contributed by atoms with Crippen LogP contribution in [0.25, 0.3) is 22.2 Å². The van der Waals surface area contributed by atoms with Gasteiger partial charge in [0.2, 0.25) is 5.78 Å². The zero-order valence-corrected chi connectivity index (χ0v) is 15.8. The molecule has 27 heavy (non-hydrogen) atoms. The molecule has 0 radical (unpaired) electrons. The Hall–Kier alpha value is -3.28. The molecule has 6 nitrogen and oxygen atoms in total. The molecule has 136 valence electrons. The summed E-state index contributed by atoms with van der Waals surface area (Å²) < 4.78 is 1.65. The van der Waals surface area contributed by atoms with E-state index in [0.29, 0.717) is 16.9 Å². The Morgan fingerprint density at radius 2 is 2.00 bits per heavy atom. The molecule has 4 heterocycles. The van der Waals surface area contributed by atoms with Crippen molar-refractivity contribution < 1.29 is 4.79 Å². The second-order valence-electron chi connectivity index (χ2n) is 7.64. The van der Waals surface area contributed by atoms with Crippen LogP contribution in [0.2, 0.25) is 0 Å². The number of aryl methyl sites for hydroxylation is 1. The van der Waals surface area contributed by atoms with Crippen molar-refractivity contribution in [3.8, 4) is 11.1 Å². The molecule has 0 bridgehead atoms. The van der Waals surface area contributed by atoms with Gasteiger partial charge in [0.15, 0.2) is 0 Å². The Balaban J connectivity index is 1.88. The highest BCUT2D eigenvalue weighted by atomic mass is 16.1. The molecule has 0 fully saturated rings. The average molecular weight is 359 g/mol. The van der Waals surface area contributed by atoms with E-state index in [1.165, 1.54) is 0 Å². The summed E-state index contributed by atoms with van der Waals surface area (Å²) in [5.74, 6) is -0.0788. The monoisotopic (exact) mass is 359 g/mol. The number of nitrogens with one attached hydrogen (secondary N) is 1. The fraction of sp³-hybridized carbons (Fsp3) is 0.238. The second-order valence-corrected chi connectivity index (χ2v) is 7.64. The first-order chi connectivity index (χ1) is 12.9. The zero-order chi connectivity index (χ0) is 19.2. The first-order valence-electron chi connectivity index (χ1n) is 8.82. The van der Waals surface area contributed by atoms with Crippen molar-refractivity contribution in [1.29, 1.82) is 0 Å². The maximum atomic E-state index is 13.3. The van der Waals surface area contributed by atoms with E-state index >= 15 is 0 Å². The standard InChI is InChI=1S/C21H21N5O/c1-21(2,3)17-10-16(26(4)25-17)19(27)15-12-24-20-18(15)14(7-9-23-20)13-6-5-8-22-11-13/h5-12H,1-4H3,(H,23,24). The molecule has 4 rings (SSSR count). The Bertz CT molecular complexity index is 1130. The van der Waals surface area contributed by atoms with Crippen molar-refractivity contribution in [2.45, 2.75) is 26.2 Å². The maximum Gasteiger partial charge on any atom is 0.213 e. The van der Waals surface area contributed by atoms with Crippen LogP contribution in [0.15, 0.2) is 49.1 Å². The molecule has 0 aromatic carbocycles. The number of fused-ring (bicyclic) bond motifs is 1. The Kier molecular flexibility index (Phi) is 3.91. The molecular weight excluding hydrogens is 338 g/mol. The average Bonchev–Trinajstić information content (AvgIpc) is 3.25. The smallest absolute Gasteiger partial charge is 0.213 e. The normalized spacial score (nSPS) is 11.9. The summed E-state index contributed by atoms with van der Waals surface area (Å²) in [6, 6.07) is 7.65. The van der Waals surface area contributed by atoms with Crippen molar-refractivity contribution in [2.24, 2.45) is 7.05 Å². The summed E-state index contributed by atoms with van der Waals surface area (Å²) in [5, 5.41) is 5.33. The van der Waals surface area contributed by atoms with Gasteiger partial charge in [-0.2, -0.15) is 5.10 Å². The summed E-state index contributed by atoms with van der Waals surface area (Å²) in [7, 11) is 1.80. The number of rotatable bonds is 3. The summed E-state index contributed by atoms with van der Waals surface area (Å²) in [6.45, 7) is 6.25. The first kappa shape index (κ1) is 17.1. The SMILES string of the molecule is Cn1nc(C(C)(C)C)cc1C(=O)c1c[nH]c2nccc(-c3cccnc3)c12. The van der Waals surface area contributed by atoms with Crippen molar-refractivity contribution in [2.75, 3.05) is 0 Å². The maximum absolute atomic E-state index is 13.3. The fourth-order valence-electron chi connectivity index (χ4n) is 3.18. The lowest BCUT2D eigenvalue weighted by Crippen LogP contribution is -2.12. The van der Waals surface area contributed by atoms with Crippen LogP contribution in [-0.4, -0.2) is 30.5 Å². The molecule has 0 saturated carbocycles. The van der Waals surface area contributed by atoms with Crippen LogP contribution >= 0.6 is 0 Å².